The van der Waals surface area contributed by atoms with Gasteiger partial charge in [0.1, 0.15) is 0 Å². The Morgan fingerprint density at radius 1 is 1.28 bits per heavy atom. The molecular weight excluding hydrogens is 250 g/mol. The minimum absolute atomic E-state index is 0.132. The van der Waals surface area contributed by atoms with Crippen LogP contribution in [-0.2, 0) is 10.2 Å². The van der Waals surface area contributed by atoms with Gasteiger partial charge in [-0.3, -0.25) is 0 Å². The number of hydrogen-bond acceptors (Lipinski definition) is 3. The van der Waals surface area contributed by atoms with Crippen molar-refractivity contribution in [2.45, 2.75) is 6.04 Å². The number of nitrogens with one attached hydrogen (secondary N) is 1. The summed E-state index contributed by atoms with van der Waals surface area (Å²) in [6, 6.07) is 9.61. The summed E-state index contributed by atoms with van der Waals surface area (Å²) in [7, 11) is -0.233. The molecule has 18 heavy (non-hydrogen) atoms. The quantitative estimate of drug-likeness (QED) is 0.866. The maximum absolute atomic E-state index is 12.3. The van der Waals surface area contributed by atoms with Crippen LogP contribution in [0.25, 0.3) is 0 Å². The van der Waals surface area contributed by atoms with E-state index in [0.29, 0.717) is 19.6 Å². The van der Waals surface area contributed by atoms with Crippen LogP contribution >= 0.6 is 0 Å². The molecule has 1 aliphatic heterocycles. The van der Waals surface area contributed by atoms with Gasteiger partial charge in [-0.2, -0.15) is 17.0 Å². The third-order valence-corrected chi connectivity index (χ3v) is 5.09. The Kier molecular flexibility index (Phi) is 4.01. The molecule has 1 N–H and O–H groups in total. The van der Waals surface area contributed by atoms with Gasteiger partial charge in [0.05, 0.1) is 6.04 Å². The van der Waals surface area contributed by atoms with E-state index in [-0.39, 0.29) is 6.04 Å². The fraction of sp³-hybridized carbons (Fsp3) is 0.500. The highest BCUT2D eigenvalue weighted by Crippen LogP contribution is 2.25. The summed E-state index contributed by atoms with van der Waals surface area (Å²) < 4.78 is 27.4. The molecule has 1 atom stereocenters. The summed E-state index contributed by atoms with van der Waals surface area (Å²) in [6.45, 7) is 1.84. The van der Waals surface area contributed by atoms with E-state index >= 15 is 0 Å². The van der Waals surface area contributed by atoms with Crippen molar-refractivity contribution in [3.63, 3.8) is 0 Å². The van der Waals surface area contributed by atoms with Crippen LogP contribution in [0.15, 0.2) is 30.3 Å². The fourth-order valence-electron chi connectivity index (χ4n) is 2.13. The molecule has 0 saturated carbocycles. The molecule has 2 rings (SSSR count). The number of benzene rings is 1. The Morgan fingerprint density at radius 2 is 1.94 bits per heavy atom. The van der Waals surface area contributed by atoms with E-state index in [2.05, 4.69) is 5.32 Å². The number of hydrogen-bond donors (Lipinski definition) is 1. The van der Waals surface area contributed by atoms with Gasteiger partial charge in [-0.25, -0.2) is 0 Å². The largest absolute Gasteiger partial charge is 0.313 e. The zero-order valence-corrected chi connectivity index (χ0v) is 11.5. The average molecular weight is 269 g/mol. The average Bonchev–Trinajstić information content (AvgIpc) is 2.39. The normalized spacial score (nSPS) is 22.3. The first-order chi connectivity index (χ1) is 8.53. The third kappa shape index (κ3) is 2.56. The maximum atomic E-state index is 12.3. The summed E-state index contributed by atoms with van der Waals surface area (Å²) in [5.74, 6) is 0. The Labute approximate surface area is 109 Å². The van der Waals surface area contributed by atoms with E-state index in [0.717, 1.165) is 5.56 Å². The van der Waals surface area contributed by atoms with Crippen molar-refractivity contribution in [2.75, 3.05) is 33.7 Å². The highest BCUT2D eigenvalue weighted by Gasteiger charge is 2.34. The molecule has 0 bridgehead atoms. The van der Waals surface area contributed by atoms with Gasteiger partial charge in [-0.05, 0) is 5.56 Å². The highest BCUT2D eigenvalue weighted by atomic mass is 32.2. The van der Waals surface area contributed by atoms with Gasteiger partial charge < -0.3 is 5.32 Å². The Balaban J connectivity index is 2.33. The summed E-state index contributed by atoms with van der Waals surface area (Å²) in [4.78, 5) is 0. The molecular formula is C12H19N3O2S. The summed E-state index contributed by atoms with van der Waals surface area (Å²) >= 11 is 0. The number of piperazine rings is 1. The first-order valence-electron chi connectivity index (χ1n) is 5.98. The molecule has 0 aliphatic carbocycles. The van der Waals surface area contributed by atoms with Gasteiger partial charge in [0.25, 0.3) is 10.2 Å². The predicted octanol–water partition coefficient (Wildman–Crippen LogP) is 0.439. The van der Waals surface area contributed by atoms with Gasteiger partial charge in [-0.1, -0.05) is 30.3 Å². The van der Waals surface area contributed by atoms with Gasteiger partial charge in [-0.15, -0.1) is 0 Å². The van der Waals surface area contributed by atoms with Crippen molar-refractivity contribution in [1.82, 2.24) is 13.9 Å². The van der Waals surface area contributed by atoms with E-state index in [4.69, 9.17) is 0 Å². The molecule has 1 fully saturated rings. The van der Waals surface area contributed by atoms with Crippen LogP contribution in [0.5, 0.6) is 0 Å². The predicted molar refractivity (Wildman–Crippen MR) is 71.4 cm³/mol. The first kappa shape index (κ1) is 13.5. The minimum Gasteiger partial charge on any atom is -0.313 e. The fourth-order valence-corrected chi connectivity index (χ4v) is 3.39. The molecule has 0 amide bonds. The topological polar surface area (TPSA) is 52.7 Å². The van der Waals surface area contributed by atoms with Crippen molar-refractivity contribution < 1.29 is 8.42 Å². The molecule has 0 spiro atoms. The molecule has 1 aromatic carbocycles. The Bertz CT molecular complexity index is 487. The molecule has 5 nitrogen and oxygen atoms in total. The molecule has 1 saturated heterocycles. The van der Waals surface area contributed by atoms with Crippen LogP contribution in [0.1, 0.15) is 11.6 Å². The zero-order valence-electron chi connectivity index (χ0n) is 10.7. The van der Waals surface area contributed by atoms with Gasteiger partial charge >= 0.3 is 0 Å². The van der Waals surface area contributed by atoms with Crippen molar-refractivity contribution >= 4 is 10.2 Å². The number of nitrogens with zero attached hydrogens (tertiary/aromatic N) is 2. The van der Waals surface area contributed by atoms with Gasteiger partial charge in [0.15, 0.2) is 0 Å². The van der Waals surface area contributed by atoms with Crippen molar-refractivity contribution in [1.29, 1.82) is 0 Å². The van der Waals surface area contributed by atoms with Crippen LogP contribution in [0.3, 0.4) is 0 Å². The molecule has 100 valence electrons. The lowest BCUT2D eigenvalue weighted by molar-refractivity contribution is 0.257. The molecule has 1 heterocycles. The van der Waals surface area contributed by atoms with Crippen LogP contribution < -0.4 is 5.32 Å². The van der Waals surface area contributed by atoms with Crippen molar-refractivity contribution in [3.05, 3.63) is 35.9 Å². The van der Waals surface area contributed by atoms with E-state index in [1.807, 2.05) is 30.3 Å². The second-order valence-electron chi connectivity index (χ2n) is 4.53. The smallest absolute Gasteiger partial charge is 0.282 e. The van der Waals surface area contributed by atoms with Crippen molar-refractivity contribution in [2.24, 2.45) is 0 Å². The lowest BCUT2D eigenvalue weighted by Gasteiger charge is -2.36. The molecule has 0 radical (unpaired) electrons. The Morgan fingerprint density at radius 3 is 2.56 bits per heavy atom. The van der Waals surface area contributed by atoms with Crippen molar-refractivity contribution in [3.8, 4) is 0 Å². The SMILES string of the molecule is CN(C)S(=O)(=O)N1CCNC[C@H]1c1ccccc1. The van der Waals surface area contributed by atoms with E-state index in [9.17, 15) is 8.42 Å². The van der Waals surface area contributed by atoms with Crippen LogP contribution in [-0.4, -0.2) is 50.8 Å². The second kappa shape index (κ2) is 5.36. The molecule has 6 heteroatoms. The van der Waals surface area contributed by atoms with Crippen LogP contribution in [0.4, 0.5) is 0 Å². The molecule has 1 aliphatic rings. The third-order valence-electron chi connectivity index (χ3n) is 3.14. The summed E-state index contributed by atoms with van der Waals surface area (Å²) in [6.07, 6.45) is 0. The van der Waals surface area contributed by atoms with Gasteiger partial charge in [0, 0.05) is 33.7 Å². The second-order valence-corrected chi connectivity index (χ2v) is 6.63. The van der Waals surface area contributed by atoms with Crippen LogP contribution in [0.2, 0.25) is 0 Å². The Hall–Kier alpha value is -0.950. The first-order valence-corrected chi connectivity index (χ1v) is 7.38. The summed E-state index contributed by atoms with van der Waals surface area (Å²) in [5.41, 5.74) is 1.02. The lowest BCUT2D eigenvalue weighted by atomic mass is 10.1. The van der Waals surface area contributed by atoms with E-state index in [1.54, 1.807) is 18.4 Å². The lowest BCUT2D eigenvalue weighted by Crippen LogP contribution is -2.51. The van der Waals surface area contributed by atoms with Gasteiger partial charge in [0.2, 0.25) is 0 Å². The van der Waals surface area contributed by atoms with Crippen LogP contribution in [0, 0.1) is 0 Å². The molecule has 0 unspecified atom stereocenters. The maximum Gasteiger partial charge on any atom is 0.282 e. The standard InChI is InChI=1S/C12H19N3O2S/c1-14(2)18(16,17)15-9-8-13-10-12(15)11-6-4-3-5-7-11/h3-7,12-13H,8-10H2,1-2H3/t12-/m0/s1. The zero-order chi connectivity index (χ0) is 13.2. The monoisotopic (exact) mass is 269 g/mol. The highest BCUT2D eigenvalue weighted by molar-refractivity contribution is 7.86. The molecule has 1 aromatic rings. The summed E-state index contributed by atoms with van der Waals surface area (Å²) in [5, 5.41) is 3.25. The number of rotatable bonds is 3. The van der Waals surface area contributed by atoms with E-state index < -0.39 is 10.2 Å². The minimum atomic E-state index is -3.37. The molecule has 0 aromatic heterocycles. The van der Waals surface area contributed by atoms with E-state index in [1.165, 1.54) is 4.31 Å².